The lowest BCUT2D eigenvalue weighted by Gasteiger charge is -2.11. The molecule has 1 aliphatic carbocycles. The van der Waals surface area contributed by atoms with E-state index in [1.807, 2.05) is 64.1 Å². The second-order valence-corrected chi connectivity index (χ2v) is 9.74. The second-order valence-electron chi connectivity index (χ2n) is 9.74. The van der Waals surface area contributed by atoms with E-state index in [1.165, 1.54) is 0 Å². The predicted octanol–water partition coefficient (Wildman–Crippen LogP) is 8.77. The maximum Gasteiger partial charge on any atom is 0.164 e. The van der Waals surface area contributed by atoms with Gasteiger partial charge in [-0.25, -0.2) is 20.0 Å². The van der Waals surface area contributed by atoms with Crippen LogP contribution in [0.5, 0.6) is 0 Å². The van der Waals surface area contributed by atoms with E-state index in [1.54, 1.807) is 0 Å². The van der Waals surface area contributed by atoms with E-state index in [0.717, 1.165) is 74.5 Å². The fourth-order valence-electron chi connectivity index (χ4n) is 5.67. The molecular formula is C34H34N8. The van der Waals surface area contributed by atoms with E-state index >= 15 is 0 Å². The van der Waals surface area contributed by atoms with Gasteiger partial charge in [-0.2, -0.15) is 0 Å². The third-order valence-corrected chi connectivity index (χ3v) is 7.53. The molecule has 0 amide bonds. The summed E-state index contributed by atoms with van der Waals surface area (Å²) in [7, 11) is 0. The van der Waals surface area contributed by atoms with E-state index in [-0.39, 0.29) is 0 Å². The van der Waals surface area contributed by atoms with Crippen LogP contribution < -0.4 is 10.6 Å². The molecule has 7 rings (SSSR count). The van der Waals surface area contributed by atoms with Gasteiger partial charge < -0.3 is 20.6 Å². The van der Waals surface area contributed by atoms with E-state index in [0.29, 0.717) is 29.1 Å². The summed E-state index contributed by atoms with van der Waals surface area (Å²) in [6, 6.07) is 8.13. The first-order valence-corrected chi connectivity index (χ1v) is 14.4. The summed E-state index contributed by atoms with van der Waals surface area (Å²) < 4.78 is 0. The number of hydrogen-bond acceptors (Lipinski definition) is 6. The van der Waals surface area contributed by atoms with Crippen molar-refractivity contribution < 1.29 is 0 Å². The molecule has 1 aromatic carbocycles. The number of aliphatic imine (C=N–C) groups is 4. The maximum absolute atomic E-state index is 5.05. The van der Waals surface area contributed by atoms with Crippen LogP contribution in [-0.2, 0) is 0 Å². The summed E-state index contributed by atoms with van der Waals surface area (Å²) in [5.74, 6) is 5.64. The van der Waals surface area contributed by atoms with Crippen LogP contribution in [0.2, 0.25) is 0 Å². The number of allylic oxidation sites excluding steroid dienone is 4. The Hall–Kier alpha value is -5.24. The average Bonchev–Trinajstić information content (AvgIpc) is 3.75. The Balaban J connectivity index is 0.00000155. The van der Waals surface area contributed by atoms with Gasteiger partial charge in [-0.3, -0.25) is 0 Å². The molecule has 42 heavy (non-hydrogen) atoms. The van der Waals surface area contributed by atoms with Gasteiger partial charge in [-0.05, 0) is 26.7 Å². The van der Waals surface area contributed by atoms with Crippen molar-refractivity contribution in [1.82, 2.24) is 9.97 Å². The molecule has 0 fully saturated rings. The molecule has 0 unspecified atom stereocenters. The zero-order chi connectivity index (χ0) is 29.4. The number of amidine groups is 4. The molecule has 8 nitrogen and oxygen atoms in total. The van der Waals surface area contributed by atoms with Crippen molar-refractivity contribution in [2.45, 2.75) is 40.5 Å². The van der Waals surface area contributed by atoms with Crippen molar-refractivity contribution >= 4 is 69.5 Å². The number of aromatic amines is 2. The molecule has 0 atom stereocenters. The highest BCUT2D eigenvalue weighted by atomic mass is 15.2. The van der Waals surface area contributed by atoms with Crippen molar-refractivity contribution in [3.05, 3.63) is 95.1 Å². The Labute approximate surface area is 245 Å². The highest BCUT2D eigenvalue weighted by molar-refractivity contribution is 6.31. The number of fused-ring (bicyclic) bond motifs is 12. The second kappa shape index (κ2) is 11.0. The highest BCUT2D eigenvalue weighted by Gasteiger charge is 2.30. The molecule has 210 valence electrons. The summed E-state index contributed by atoms with van der Waals surface area (Å²) in [5, 5.41) is 9.00. The van der Waals surface area contributed by atoms with Crippen molar-refractivity contribution in [3.8, 4) is 0 Å². The largest absolute Gasteiger partial charge is 0.327 e. The molecule has 2 aromatic heterocycles. The molecule has 3 aromatic rings. The van der Waals surface area contributed by atoms with Crippen LogP contribution in [0.25, 0.3) is 22.9 Å². The summed E-state index contributed by atoms with van der Waals surface area (Å²) in [6.07, 6.45) is 14.0. The molecular weight excluding hydrogens is 520 g/mol. The molecule has 0 radical (unpaired) electrons. The van der Waals surface area contributed by atoms with Crippen LogP contribution in [0.15, 0.2) is 104 Å². The van der Waals surface area contributed by atoms with Crippen LogP contribution >= 0.6 is 0 Å². The zero-order valence-electron chi connectivity index (χ0n) is 24.4. The van der Waals surface area contributed by atoms with Gasteiger partial charge >= 0.3 is 0 Å². The number of aromatic nitrogens is 2. The monoisotopic (exact) mass is 554 g/mol. The normalized spacial score (nSPS) is 18.9. The smallest absolute Gasteiger partial charge is 0.164 e. The number of benzene rings is 1. The topological polar surface area (TPSA) is 105 Å². The summed E-state index contributed by atoms with van der Waals surface area (Å²) in [5.41, 5.74) is 5.75. The highest BCUT2D eigenvalue weighted by Crippen LogP contribution is 2.39. The first-order valence-electron chi connectivity index (χ1n) is 14.4. The Bertz CT molecular complexity index is 1790. The van der Waals surface area contributed by atoms with Crippen LogP contribution in [0.3, 0.4) is 0 Å². The third-order valence-electron chi connectivity index (χ3n) is 7.53. The molecule has 0 spiro atoms. The van der Waals surface area contributed by atoms with Gasteiger partial charge in [0.15, 0.2) is 11.7 Å². The van der Waals surface area contributed by atoms with E-state index in [2.05, 4.69) is 58.0 Å². The van der Waals surface area contributed by atoms with Gasteiger partial charge in [0.1, 0.15) is 34.9 Å². The van der Waals surface area contributed by atoms with Gasteiger partial charge in [0, 0.05) is 44.2 Å². The van der Waals surface area contributed by atoms with E-state index < -0.39 is 0 Å². The fraction of sp³-hybridized carbons (Fsp3) is 0.176. The SMILES string of the molecule is C=Cc1c2[nH]c(c1C=C)NC1=NC(=Nc3[nH]c(c4ccccc34)N=C3N=C(N2)C2=CCCC=C23)C(=C/C)/C1=C\C.CC. The minimum Gasteiger partial charge on any atom is -0.327 e. The summed E-state index contributed by atoms with van der Waals surface area (Å²) in [4.78, 5) is 27.0. The Kier molecular flexibility index (Phi) is 7.04. The lowest BCUT2D eigenvalue weighted by Crippen LogP contribution is -2.15. The lowest BCUT2D eigenvalue weighted by atomic mass is 9.98. The quantitative estimate of drug-likeness (QED) is 0.254. The van der Waals surface area contributed by atoms with Crippen molar-refractivity contribution in [2.75, 3.05) is 10.6 Å². The molecule has 0 saturated carbocycles. The Morgan fingerprint density at radius 2 is 1.21 bits per heavy atom. The molecule has 8 bridgehead atoms. The van der Waals surface area contributed by atoms with Crippen LogP contribution in [0, 0.1) is 0 Å². The number of hydrogen-bond donors (Lipinski definition) is 4. The van der Waals surface area contributed by atoms with Crippen molar-refractivity contribution in [1.29, 1.82) is 0 Å². The van der Waals surface area contributed by atoms with Gasteiger partial charge in [0.05, 0.1) is 0 Å². The fourth-order valence-corrected chi connectivity index (χ4v) is 5.67. The molecule has 3 aliphatic heterocycles. The van der Waals surface area contributed by atoms with Gasteiger partial charge in [-0.1, -0.05) is 87.7 Å². The molecule has 5 heterocycles. The molecule has 4 N–H and O–H groups in total. The van der Waals surface area contributed by atoms with Crippen molar-refractivity contribution in [2.24, 2.45) is 20.0 Å². The van der Waals surface area contributed by atoms with E-state index in [9.17, 15) is 0 Å². The Morgan fingerprint density at radius 3 is 1.81 bits per heavy atom. The zero-order valence-corrected chi connectivity index (χ0v) is 24.4. The van der Waals surface area contributed by atoms with Gasteiger partial charge in [-0.15, -0.1) is 0 Å². The number of anilines is 2. The number of nitrogens with zero attached hydrogens (tertiary/aromatic N) is 4. The van der Waals surface area contributed by atoms with E-state index in [4.69, 9.17) is 20.0 Å². The molecule has 8 heteroatoms. The van der Waals surface area contributed by atoms with Crippen LogP contribution in [-0.4, -0.2) is 33.3 Å². The number of nitrogens with one attached hydrogen (secondary N) is 4. The van der Waals surface area contributed by atoms with Crippen molar-refractivity contribution in [3.63, 3.8) is 0 Å². The molecule has 4 aliphatic rings. The third kappa shape index (κ3) is 4.23. The van der Waals surface area contributed by atoms with Crippen LogP contribution in [0.1, 0.15) is 51.7 Å². The van der Waals surface area contributed by atoms with Gasteiger partial charge in [0.25, 0.3) is 0 Å². The number of rotatable bonds is 2. The summed E-state index contributed by atoms with van der Waals surface area (Å²) in [6.45, 7) is 16.1. The van der Waals surface area contributed by atoms with Crippen LogP contribution in [0.4, 0.5) is 23.3 Å². The lowest BCUT2D eigenvalue weighted by molar-refractivity contribution is 1.02. The van der Waals surface area contributed by atoms with Gasteiger partial charge in [0.2, 0.25) is 0 Å². The summed E-state index contributed by atoms with van der Waals surface area (Å²) >= 11 is 0. The Morgan fingerprint density at radius 1 is 0.667 bits per heavy atom. The first-order chi connectivity index (χ1) is 20.6. The average molecular weight is 555 g/mol. The maximum atomic E-state index is 5.05. The minimum absolute atomic E-state index is 0.617. The first kappa shape index (κ1) is 27.0. The minimum atomic E-state index is 0.617. The standard InChI is InChI=1S/C32H28N8.C2H6/c1-5-17-19(7-3)27-34-25(17)33-26-18(6-2)20(8-4)28(35-26)37-30-22-14-10-12-16-24(22)32(39-30)40-31-23-15-11-9-13-21(23)29(36-27)38-31;1-2/h5-8,10,12-16,34,39H,1,3,9,11H2,2,4H3,(H,33,35,37)(H,36,38,40);1-2H3/b18-6+,20-8+;. The number of H-pyrrole nitrogens is 2. The predicted molar refractivity (Wildman–Crippen MR) is 180 cm³/mol. The molecule has 0 saturated heterocycles.